The largest absolute Gasteiger partial charge is 0.348 e. The second kappa shape index (κ2) is 14.1. The molecule has 0 spiro atoms. The van der Waals surface area contributed by atoms with E-state index in [0.717, 1.165) is 18.1 Å². The average Bonchev–Trinajstić information content (AvgIpc) is 3.15. The van der Waals surface area contributed by atoms with Gasteiger partial charge in [-0.05, 0) is 49.5 Å². The number of carbonyl (C=O) groups excluding carboxylic acids is 3. The van der Waals surface area contributed by atoms with Crippen LogP contribution in [-0.2, 0) is 9.59 Å². The lowest BCUT2D eigenvalue weighted by atomic mass is 10.1. The van der Waals surface area contributed by atoms with E-state index in [-0.39, 0.29) is 26.6 Å². The van der Waals surface area contributed by atoms with Crippen molar-refractivity contribution in [2.75, 3.05) is 23.4 Å². The molecule has 1 aliphatic rings. The van der Waals surface area contributed by atoms with Crippen LogP contribution in [0.1, 0.15) is 31.1 Å². The molecule has 3 aromatic rings. The standard InChI is InChI=1S/C24H18Cl3N5O3.C4H11N/c1-14(33)29-24(30-17-10-6-3-7-11-17)22(28-21(34)15-8-4-2-5-9-15)31-32(23(24)35)20-18(26)12-16(25)13-19(20)27;1-3-5-4-2/h2-13,30H,1H3,(H,29,33)(H,28,31,34);5H,3-4H2,1-2H3. The number of benzene rings is 3. The van der Waals surface area contributed by atoms with Crippen LogP contribution in [0, 0.1) is 0 Å². The van der Waals surface area contributed by atoms with E-state index in [1.165, 1.54) is 19.1 Å². The lowest BCUT2D eigenvalue weighted by Gasteiger charge is -2.31. The zero-order valence-electron chi connectivity index (χ0n) is 22.1. The highest BCUT2D eigenvalue weighted by Crippen LogP contribution is 2.40. The fourth-order valence-electron chi connectivity index (χ4n) is 3.77. The van der Waals surface area contributed by atoms with Gasteiger partial charge in [-0.15, -0.1) is 5.10 Å². The summed E-state index contributed by atoms with van der Waals surface area (Å²) in [6.07, 6.45) is 0. The van der Waals surface area contributed by atoms with Crippen LogP contribution >= 0.6 is 34.8 Å². The van der Waals surface area contributed by atoms with E-state index in [0.29, 0.717) is 11.3 Å². The predicted octanol–water partition coefficient (Wildman–Crippen LogP) is 5.30. The molecule has 3 amide bonds. The van der Waals surface area contributed by atoms with Crippen LogP contribution < -0.4 is 26.3 Å². The third-order valence-electron chi connectivity index (χ3n) is 5.50. The third-order valence-corrected chi connectivity index (χ3v) is 6.29. The van der Waals surface area contributed by atoms with Crippen LogP contribution in [-0.4, -0.2) is 42.3 Å². The summed E-state index contributed by atoms with van der Waals surface area (Å²) in [5, 5.41) is 17.0. The van der Waals surface area contributed by atoms with E-state index in [2.05, 4.69) is 40.2 Å². The first kappa shape index (κ1) is 30.9. The van der Waals surface area contributed by atoms with Crippen molar-refractivity contribution in [2.45, 2.75) is 26.4 Å². The summed E-state index contributed by atoms with van der Waals surface area (Å²) in [7, 11) is 0. The second-order valence-corrected chi connectivity index (χ2v) is 9.73. The molecule has 4 N–H and O–H groups in total. The summed E-state index contributed by atoms with van der Waals surface area (Å²) in [5.41, 5.74) is -1.15. The number of rotatable bonds is 7. The van der Waals surface area contributed by atoms with Crippen LogP contribution in [0.25, 0.3) is 0 Å². The third kappa shape index (κ3) is 7.31. The molecule has 1 aliphatic heterocycles. The first-order chi connectivity index (χ1) is 19.1. The Morgan fingerprint density at radius 2 is 1.45 bits per heavy atom. The van der Waals surface area contributed by atoms with Crippen molar-refractivity contribution in [3.05, 3.63) is 93.4 Å². The average molecular weight is 604 g/mol. The first-order valence-electron chi connectivity index (χ1n) is 12.4. The van der Waals surface area contributed by atoms with E-state index >= 15 is 0 Å². The van der Waals surface area contributed by atoms with Gasteiger partial charge in [-0.25, -0.2) is 0 Å². The summed E-state index contributed by atoms with van der Waals surface area (Å²) in [4.78, 5) is 39.2. The fraction of sp³-hybridized carbons (Fsp3) is 0.214. The highest BCUT2D eigenvalue weighted by atomic mass is 35.5. The van der Waals surface area contributed by atoms with Gasteiger partial charge in [0, 0.05) is 23.2 Å². The van der Waals surface area contributed by atoms with Crippen molar-refractivity contribution >= 4 is 69.7 Å². The number of amidine groups is 1. The van der Waals surface area contributed by atoms with Crippen LogP contribution in [0.3, 0.4) is 0 Å². The summed E-state index contributed by atoms with van der Waals surface area (Å²) < 4.78 is 0. The van der Waals surface area contributed by atoms with Crippen molar-refractivity contribution in [2.24, 2.45) is 5.10 Å². The highest BCUT2D eigenvalue weighted by molar-refractivity contribution is 6.43. The highest BCUT2D eigenvalue weighted by Gasteiger charge is 2.54. The molecule has 210 valence electrons. The molecule has 4 rings (SSSR count). The van der Waals surface area contributed by atoms with Gasteiger partial charge in [-0.3, -0.25) is 14.4 Å². The predicted molar refractivity (Wildman–Crippen MR) is 161 cm³/mol. The summed E-state index contributed by atoms with van der Waals surface area (Å²) in [6, 6.07) is 19.8. The SMILES string of the molecule is CC(=O)NC1(Nc2ccccc2)C(=O)N(c2c(Cl)cc(Cl)cc2Cl)N=C1NC(=O)c1ccccc1.CCNCC. The van der Waals surface area contributed by atoms with Gasteiger partial charge >= 0.3 is 5.91 Å². The molecule has 0 aliphatic carbocycles. The van der Waals surface area contributed by atoms with E-state index in [9.17, 15) is 14.4 Å². The minimum Gasteiger partial charge on any atom is -0.348 e. The number of hydrazone groups is 1. The van der Waals surface area contributed by atoms with Crippen molar-refractivity contribution in [1.29, 1.82) is 0 Å². The number of halogens is 3. The van der Waals surface area contributed by atoms with Crippen molar-refractivity contribution in [3.8, 4) is 0 Å². The van der Waals surface area contributed by atoms with E-state index in [1.54, 1.807) is 60.7 Å². The first-order valence-corrected chi connectivity index (χ1v) is 13.5. The molecule has 0 radical (unpaired) electrons. The van der Waals surface area contributed by atoms with Crippen LogP contribution in [0.4, 0.5) is 11.4 Å². The van der Waals surface area contributed by atoms with Crippen molar-refractivity contribution < 1.29 is 14.4 Å². The Bertz CT molecular complexity index is 1360. The molecule has 9 nitrogen and oxygen atoms in total. The number of amides is 3. The van der Waals surface area contributed by atoms with Crippen LogP contribution in [0.5, 0.6) is 0 Å². The molecule has 1 unspecified atom stereocenters. The molecule has 40 heavy (non-hydrogen) atoms. The fourth-order valence-corrected chi connectivity index (χ4v) is 4.74. The summed E-state index contributed by atoms with van der Waals surface area (Å²) in [6.45, 7) is 7.63. The number of para-hydroxylation sites is 1. The molecule has 0 bridgehead atoms. The smallest absolute Gasteiger partial charge is 0.302 e. The Hall–Kier alpha value is -3.63. The molecule has 0 fully saturated rings. The maximum Gasteiger partial charge on any atom is 0.302 e. The minimum absolute atomic E-state index is 0.0382. The normalized spacial score (nSPS) is 16.0. The van der Waals surface area contributed by atoms with Gasteiger partial charge in [0.2, 0.25) is 5.91 Å². The Balaban J connectivity index is 0.000000810. The number of nitrogens with one attached hydrogen (secondary N) is 4. The minimum atomic E-state index is -1.98. The van der Waals surface area contributed by atoms with E-state index in [1.807, 2.05) is 0 Å². The van der Waals surface area contributed by atoms with Gasteiger partial charge in [0.25, 0.3) is 11.6 Å². The van der Waals surface area contributed by atoms with Gasteiger partial charge < -0.3 is 21.3 Å². The molecule has 1 heterocycles. The lowest BCUT2D eigenvalue weighted by Crippen LogP contribution is -2.67. The monoisotopic (exact) mass is 602 g/mol. The Labute approximate surface area is 247 Å². The van der Waals surface area contributed by atoms with E-state index < -0.39 is 23.4 Å². The van der Waals surface area contributed by atoms with Gasteiger partial charge in [-0.2, -0.15) is 5.01 Å². The molecule has 3 aromatic carbocycles. The molecular weight excluding hydrogens is 575 g/mol. The van der Waals surface area contributed by atoms with Gasteiger partial charge in [0.1, 0.15) is 5.69 Å². The van der Waals surface area contributed by atoms with Crippen LogP contribution in [0.2, 0.25) is 15.1 Å². The van der Waals surface area contributed by atoms with Gasteiger partial charge in [0.15, 0.2) is 5.84 Å². The van der Waals surface area contributed by atoms with Crippen LogP contribution in [0.15, 0.2) is 77.9 Å². The molecule has 12 heteroatoms. The Morgan fingerprint density at radius 3 is 1.95 bits per heavy atom. The lowest BCUT2D eigenvalue weighted by molar-refractivity contribution is -0.127. The topological polar surface area (TPSA) is 115 Å². The summed E-state index contributed by atoms with van der Waals surface area (Å²) >= 11 is 18.8. The number of anilines is 2. The maximum atomic E-state index is 13.9. The Morgan fingerprint density at radius 1 is 0.900 bits per heavy atom. The van der Waals surface area contributed by atoms with E-state index in [4.69, 9.17) is 34.8 Å². The molecule has 1 atom stereocenters. The second-order valence-electron chi connectivity index (χ2n) is 8.48. The van der Waals surface area contributed by atoms with Crippen molar-refractivity contribution in [3.63, 3.8) is 0 Å². The number of carbonyl (C=O) groups is 3. The maximum absolute atomic E-state index is 13.9. The number of hydrogen-bond donors (Lipinski definition) is 4. The zero-order valence-corrected chi connectivity index (χ0v) is 24.4. The Kier molecular flexibility index (Phi) is 10.9. The molecular formula is C28H29Cl3N6O3. The number of nitrogens with zero attached hydrogens (tertiary/aromatic N) is 2. The van der Waals surface area contributed by atoms with Crippen molar-refractivity contribution in [1.82, 2.24) is 16.0 Å². The summed E-state index contributed by atoms with van der Waals surface area (Å²) in [5.74, 6) is -2.04. The zero-order chi connectivity index (χ0) is 29.3. The van der Waals surface area contributed by atoms with Gasteiger partial charge in [-0.1, -0.05) is 85.0 Å². The molecule has 0 aromatic heterocycles. The quantitative estimate of drug-likeness (QED) is 0.274. The molecule has 0 saturated heterocycles. The van der Waals surface area contributed by atoms with Gasteiger partial charge in [0.05, 0.1) is 10.0 Å². The number of hydrogen-bond acceptors (Lipinski definition) is 6. The molecule has 0 saturated carbocycles.